The van der Waals surface area contributed by atoms with Crippen molar-refractivity contribution in [1.82, 2.24) is 4.90 Å². The lowest BCUT2D eigenvalue weighted by atomic mass is 10.1. The van der Waals surface area contributed by atoms with Gasteiger partial charge >= 0.3 is 0 Å². The predicted molar refractivity (Wildman–Crippen MR) is 92.9 cm³/mol. The standard InChI is InChI=1S/C19H21ClN2O/c1-15-3-2-4-16(13-15)14-21-9-11-22(12-10-21)19(23)17-5-7-18(20)8-6-17/h2-8,13H,9-12,14H2,1H3/p+1. The molecule has 1 heterocycles. The molecule has 1 N–H and O–H groups in total. The number of hydrogen-bond acceptors (Lipinski definition) is 1. The van der Waals surface area contributed by atoms with E-state index in [0.29, 0.717) is 5.02 Å². The average molecular weight is 330 g/mol. The van der Waals surface area contributed by atoms with Gasteiger partial charge in [-0.05, 0) is 31.2 Å². The maximum absolute atomic E-state index is 12.5. The molecule has 1 aliphatic rings. The molecule has 0 saturated carbocycles. The summed E-state index contributed by atoms with van der Waals surface area (Å²) in [7, 11) is 0. The first-order chi connectivity index (χ1) is 11.1. The zero-order valence-corrected chi connectivity index (χ0v) is 14.1. The van der Waals surface area contributed by atoms with E-state index in [1.165, 1.54) is 16.0 Å². The maximum Gasteiger partial charge on any atom is 0.254 e. The Hall–Kier alpha value is -1.84. The summed E-state index contributed by atoms with van der Waals surface area (Å²) in [6.07, 6.45) is 0. The highest BCUT2D eigenvalue weighted by atomic mass is 35.5. The molecule has 0 aromatic heterocycles. The fourth-order valence-corrected chi connectivity index (χ4v) is 3.21. The molecule has 1 fully saturated rings. The number of nitrogens with zero attached hydrogens (tertiary/aromatic N) is 1. The van der Waals surface area contributed by atoms with Gasteiger partial charge in [0, 0.05) is 16.1 Å². The van der Waals surface area contributed by atoms with Crippen molar-refractivity contribution in [3.63, 3.8) is 0 Å². The second kappa shape index (κ2) is 7.16. The summed E-state index contributed by atoms with van der Waals surface area (Å²) in [5.41, 5.74) is 3.40. The number of halogens is 1. The zero-order valence-electron chi connectivity index (χ0n) is 13.4. The molecular weight excluding hydrogens is 308 g/mol. The molecule has 2 aromatic rings. The van der Waals surface area contributed by atoms with E-state index in [4.69, 9.17) is 11.6 Å². The van der Waals surface area contributed by atoms with Gasteiger partial charge in [0.25, 0.3) is 5.91 Å². The van der Waals surface area contributed by atoms with E-state index in [-0.39, 0.29) is 5.91 Å². The Kier molecular flexibility index (Phi) is 4.99. The van der Waals surface area contributed by atoms with Gasteiger partial charge in [-0.2, -0.15) is 0 Å². The SMILES string of the molecule is Cc1cccc(C[NH+]2CCN(C(=O)c3ccc(Cl)cc3)CC2)c1. The van der Waals surface area contributed by atoms with Crippen LogP contribution in [0.25, 0.3) is 0 Å². The molecule has 0 atom stereocenters. The zero-order chi connectivity index (χ0) is 16.2. The fraction of sp³-hybridized carbons (Fsp3) is 0.316. The van der Waals surface area contributed by atoms with Crippen LogP contribution in [0, 0.1) is 6.92 Å². The van der Waals surface area contributed by atoms with Crippen molar-refractivity contribution < 1.29 is 9.69 Å². The molecule has 0 bridgehead atoms. The number of quaternary nitrogens is 1. The molecular formula is C19H22ClN2O+. The largest absolute Gasteiger partial charge is 0.328 e. The third kappa shape index (κ3) is 4.12. The molecule has 0 aliphatic carbocycles. The van der Waals surface area contributed by atoms with Crippen LogP contribution in [0.4, 0.5) is 0 Å². The Balaban J connectivity index is 1.55. The fourth-order valence-electron chi connectivity index (χ4n) is 3.09. The van der Waals surface area contributed by atoms with E-state index in [1.807, 2.05) is 4.90 Å². The van der Waals surface area contributed by atoms with Crippen molar-refractivity contribution in [3.05, 3.63) is 70.2 Å². The monoisotopic (exact) mass is 329 g/mol. The lowest BCUT2D eigenvalue weighted by Crippen LogP contribution is -3.13. The van der Waals surface area contributed by atoms with E-state index < -0.39 is 0 Å². The summed E-state index contributed by atoms with van der Waals surface area (Å²) >= 11 is 5.88. The molecule has 1 aliphatic heterocycles. The van der Waals surface area contributed by atoms with Crippen molar-refractivity contribution in [1.29, 1.82) is 0 Å². The Morgan fingerprint density at radius 2 is 1.83 bits per heavy atom. The van der Waals surface area contributed by atoms with E-state index in [1.54, 1.807) is 24.3 Å². The number of carbonyl (C=O) groups is 1. The van der Waals surface area contributed by atoms with Crippen LogP contribution in [0.2, 0.25) is 5.02 Å². The first-order valence-electron chi connectivity index (χ1n) is 8.06. The summed E-state index contributed by atoms with van der Waals surface area (Å²) in [4.78, 5) is 16.0. The van der Waals surface area contributed by atoms with Crippen molar-refractivity contribution in [2.24, 2.45) is 0 Å². The van der Waals surface area contributed by atoms with Gasteiger partial charge in [-0.3, -0.25) is 4.79 Å². The second-order valence-electron chi connectivity index (χ2n) is 6.21. The van der Waals surface area contributed by atoms with E-state index in [0.717, 1.165) is 38.3 Å². The van der Waals surface area contributed by atoms with Crippen LogP contribution >= 0.6 is 11.6 Å². The first-order valence-corrected chi connectivity index (χ1v) is 8.43. The molecule has 120 valence electrons. The highest BCUT2D eigenvalue weighted by molar-refractivity contribution is 6.30. The van der Waals surface area contributed by atoms with Crippen LogP contribution in [-0.4, -0.2) is 37.0 Å². The number of nitrogens with one attached hydrogen (secondary N) is 1. The topological polar surface area (TPSA) is 24.8 Å². The van der Waals surface area contributed by atoms with Crippen molar-refractivity contribution >= 4 is 17.5 Å². The number of rotatable bonds is 3. The van der Waals surface area contributed by atoms with E-state index in [2.05, 4.69) is 31.2 Å². The van der Waals surface area contributed by atoms with Gasteiger partial charge in [0.2, 0.25) is 0 Å². The van der Waals surface area contributed by atoms with Gasteiger partial charge in [0.15, 0.2) is 0 Å². The third-order valence-electron chi connectivity index (χ3n) is 4.39. The lowest BCUT2D eigenvalue weighted by molar-refractivity contribution is -0.917. The number of piperazine rings is 1. The Labute approximate surface area is 142 Å². The molecule has 23 heavy (non-hydrogen) atoms. The smallest absolute Gasteiger partial charge is 0.254 e. The van der Waals surface area contributed by atoms with Crippen LogP contribution in [0.3, 0.4) is 0 Å². The van der Waals surface area contributed by atoms with Gasteiger partial charge in [0.05, 0.1) is 26.2 Å². The quantitative estimate of drug-likeness (QED) is 0.917. The predicted octanol–water partition coefficient (Wildman–Crippen LogP) is 2.19. The maximum atomic E-state index is 12.5. The van der Waals surface area contributed by atoms with Crippen LogP contribution in [0.15, 0.2) is 48.5 Å². The van der Waals surface area contributed by atoms with Gasteiger partial charge in [-0.1, -0.05) is 41.4 Å². The molecule has 4 heteroatoms. The summed E-state index contributed by atoms with van der Waals surface area (Å²) in [5.74, 6) is 0.108. The Bertz CT molecular complexity index is 676. The Morgan fingerprint density at radius 3 is 2.48 bits per heavy atom. The molecule has 3 rings (SSSR count). The van der Waals surface area contributed by atoms with E-state index >= 15 is 0 Å². The molecule has 1 amide bonds. The van der Waals surface area contributed by atoms with E-state index in [9.17, 15) is 4.79 Å². The highest BCUT2D eigenvalue weighted by Gasteiger charge is 2.24. The number of aryl methyl sites for hydroxylation is 1. The minimum atomic E-state index is 0.108. The molecule has 0 spiro atoms. The normalized spacial score (nSPS) is 15.7. The average Bonchev–Trinajstić information content (AvgIpc) is 2.56. The summed E-state index contributed by atoms with van der Waals surface area (Å²) < 4.78 is 0. The number of hydrogen-bond donors (Lipinski definition) is 1. The first kappa shape index (κ1) is 16.0. The number of amides is 1. The van der Waals surface area contributed by atoms with Crippen molar-refractivity contribution in [3.8, 4) is 0 Å². The Morgan fingerprint density at radius 1 is 1.13 bits per heavy atom. The number of carbonyl (C=O) groups excluding carboxylic acids is 1. The highest BCUT2D eigenvalue weighted by Crippen LogP contribution is 2.11. The van der Waals surface area contributed by atoms with Crippen LogP contribution in [0.1, 0.15) is 21.5 Å². The number of benzene rings is 2. The molecule has 2 aromatic carbocycles. The van der Waals surface area contributed by atoms with Gasteiger partial charge < -0.3 is 9.80 Å². The summed E-state index contributed by atoms with van der Waals surface area (Å²) in [5, 5.41) is 0.661. The van der Waals surface area contributed by atoms with Crippen LogP contribution < -0.4 is 4.90 Å². The molecule has 1 saturated heterocycles. The molecule has 0 radical (unpaired) electrons. The minimum absolute atomic E-state index is 0.108. The van der Waals surface area contributed by atoms with Gasteiger partial charge in [0.1, 0.15) is 6.54 Å². The van der Waals surface area contributed by atoms with Crippen LogP contribution in [-0.2, 0) is 6.54 Å². The molecule has 0 unspecified atom stereocenters. The minimum Gasteiger partial charge on any atom is -0.328 e. The molecule has 3 nitrogen and oxygen atoms in total. The summed E-state index contributed by atoms with van der Waals surface area (Å²) in [6.45, 7) is 6.76. The van der Waals surface area contributed by atoms with Gasteiger partial charge in [-0.25, -0.2) is 0 Å². The van der Waals surface area contributed by atoms with Crippen molar-refractivity contribution in [2.45, 2.75) is 13.5 Å². The van der Waals surface area contributed by atoms with Gasteiger partial charge in [-0.15, -0.1) is 0 Å². The summed E-state index contributed by atoms with van der Waals surface area (Å²) in [6, 6.07) is 15.8. The third-order valence-corrected chi connectivity index (χ3v) is 4.64. The van der Waals surface area contributed by atoms with Crippen LogP contribution in [0.5, 0.6) is 0 Å². The lowest BCUT2D eigenvalue weighted by Gasteiger charge is -2.32. The second-order valence-corrected chi connectivity index (χ2v) is 6.65. The van der Waals surface area contributed by atoms with Crippen molar-refractivity contribution in [2.75, 3.05) is 26.2 Å².